The highest BCUT2D eigenvalue weighted by Crippen LogP contribution is 2.23. The van der Waals surface area contributed by atoms with Crippen molar-refractivity contribution in [2.75, 3.05) is 27.2 Å². The lowest BCUT2D eigenvalue weighted by Crippen LogP contribution is -2.44. The number of hydrogen-bond acceptors (Lipinski definition) is 2. The van der Waals surface area contributed by atoms with Crippen molar-refractivity contribution in [1.82, 2.24) is 10.2 Å². The minimum absolute atomic E-state index is 0.551. The van der Waals surface area contributed by atoms with E-state index in [1.54, 1.807) is 0 Å². The largest absolute Gasteiger partial charge is 0.312 e. The van der Waals surface area contributed by atoms with Crippen LogP contribution in [0.1, 0.15) is 39.2 Å². The van der Waals surface area contributed by atoms with Crippen molar-refractivity contribution in [2.45, 2.75) is 39.7 Å². The van der Waals surface area contributed by atoms with Gasteiger partial charge in [0.25, 0.3) is 0 Å². The summed E-state index contributed by atoms with van der Waals surface area (Å²) in [6.45, 7) is 11.4. The quantitative estimate of drug-likeness (QED) is 0.780. The molecule has 1 rings (SSSR count). The highest BCUT2D eigenvalue weighted by atomic mass is 15.1. The van der Waals surface area contributed by atoms with Gasteiger partial charge >= 0.3 is 0 Å². The normalized spacial score (nSPS) is 15.1. The van der Waals surface area contributed by atoms with Gasteiger partial charge < -0.3 is 10.2 Å². The molecule has 0 spiro atoms. The SMILES string of the molecule is CC(C)C(CN(C)C)NCC(c1ccccc1)C(C)C. The standard InChI is InChI=1S/C18H32N2/c1-14(2)17(16-10-8-7-9-11-16)12-19-18(15(3)4)13-20(5)6/h7-11,14-15,17-19H,12-13H2,1-6H3. The van der Waals surface area contributed by atoms with Gasteiger partial charge in [0.05, 0.1) is 0 Å². The molecule has 0 saturated carbocycles. The Hall–Kier alpha value is -0.860. The van der Waals surface area contributed by atoms with E-state index in [-0.39, 0.29) is 0 Å². The predicted molar refractivity (Wildman–Crippen MR) is 89.2 cm³/mol. The van der Waals surface area contributed by atoms with Gasteiger partial charge in [0.1, 0.15) is 0 Å². The molecule has 0 heterocycles. The van der Waals surface area contributed by atoms with Crippen LogP contribution < -0.4 is 5.32 Å². The van der Waals surface area contributed by atoms with Crippen LogP contribution in [-0.4, -0.2) is 38.1 Å². The summed E-state index contributed by atoms with van der Waals surface area (Å²) < 4.78 is 0. The maximum absolute atomic E-state index is 3.79. The molecule has 1 aromatic carbocycles. The molecule has 0 amide bonds. The summed E-state index contributed by atoms with van der Waals surface area (Å²) in [6, 6.07) is 11.4. The van der Waals surface area contributed by atoms with Gasteiger partial charge in [-0.15, -0.1) is 0 Å². The van der Waals surface area contributed by atoms with Gasteiger partial charge in [0, 0.05) is 19.1 Å². The van der Waals surface area contributed by atoms with Gasteiger partial charge in [0.2, 0.25) is 0 Å². The van der Waals surface area contributed by atoms with Gasteiger partial charge in [-0.3, -0.25) is 0 Å². The monoisotopic (exact) mass is 276 g/mol. The minimum atomic E-state index is 0.551. The van der Waals surface area contributed by atoms with Crippen LogP contribution in [0.25, 0.3) is 0 Å². The Balaban J connectivity index is 2.67. The third-order valence-electron chi connectivity index (χ3n) is 4.00. The molecule has 0 radical (unpaired) electrons. The molecule has 20 heavy (non-hydrogen) atoms. The van der Waals surface area contributed by atoms with Crippen LogP contribution in [0.3, 0.4) is 0 Å². The number of rotatable bonds is 8. The van der Waals surface area contributed by atoms with Crippen molar-refractivity contribution in [2.24, 2.45) is 11.8 Å². The number of likely N-dealkylation sites (N-methyl/N-ethyl adjacent to an activating group) is 1. The molecule has 0 bridgehead atoms. The van der Waals surface area contributed by atoms with Crippen LogP contribution in [0.4, 0.5) is 0 Å². The lowest BCUT2D eigenvalue weighted by Gasteiger charge is -2.29. The number of benzene rings is 1. The van der Waals surface area contributed by atoms with E-state index in [4.69, 9.17) is 0 Å². The minimum Gasteiger partial charge on any atom is -0.312 e. The fourth-order valence-electron chi connectivity index (χ4n) is 2.62. The summed E-state index contributed by atoms with van der Waals surface area (Å²) in [5.41, 5.74) is 1.45. The molecule has 1 N–H and O–H groups in total. The maximum Gasteiger partial charge on any atom is 0.0217 e. The first kappa shape index (κ1) is 17.2. The van der Waals surface area contributed by atoms with Crippen LogP contribution in [0.2, 0.25) is 0 Å². The van der Waals surface area contributed by atoms with Gasteiger partial charge in [0.15, 0.2) is 0 Å². The van der Waals surface area contributed by atoms with E-state index in [1.807, 2.05) is 0 Å². The Morgan fingerprint density at radius 2 is 1.55 bits per heavy atom. The summed E-state index contributed by atoms with van der Waals surface area (Å²) in [7, 11) is 4.29. The molecule has 2 atom stereocenters. The Morgan fingerprint density at radius 1 is 0.950 bits per heavy atom. The Bertz CT molecular complexity index is 357. The molecule has 2 unspecified atom stereocenters. The van der Waals surface area contributed by atoms with Crippen molar-refractivity contribution in [3.63, 3.8) is 0 Å². The van der Waals surface area contributed by atoms with Gasteiger partial charge in [-0.1, -0.05) is 58.0 Å². The summed E-state index contributed by atoms with van der Waals surface area (Å²) in [4.78, 5) is 2.27. The number of hydrogen-bond donors (Lipinski definition) is 1. The van der Waals surface area contributed by atoms with Crippen molar-refractivity contribution in [3.05, 3.63) is 35.9 Å². The first-order valence-corrected chi connectivity index (χ1v) is 7.84. The van der Waals surface area contributed by atoms with E-state index in [2.05, 4.69) is 82.3 Å². The van der Waals surface area contributed by atoms with Crippen LogP contribution in [0, 0.1) is 11.8 Å². The first-order chi connectivity index (χ1) is 9.41. The fraction of sp³-hybridized carbons (Fsp3) is 0.667. The summed E-state index contributed by atoms with van der Waals surface area (Å²) in [5, 5.41) is 3.79. The highest BCUT2D eigenvalue weighted by Gasteiger charge is 2.19. The first-order valence-electron chi connectivity index (χ1n) is 7.84. The van der Waals surface area contributed by atoms with Gasteiger partial charge in [-0.2, -0.15) is 0 Å². The lowest BCUT2D eigenvalue weighted by atomic mass is 9.88. The van der Waals surface area contributed by atoms with Crippen LogP contribution in [0.15, 0.2) is 30.3 Å². The molecule has 2 heteroatoms. The average Bonchev–Trinajstić information content (AvgIpc) is 2.37. The Kier molecular flexibility index (Phi) is 7.25. The van der Waals surface area contributed by atoms with Crippen LogP contribution >= 0.6 is 0 Å². The highest BCUT2D eigenvalue weighted by molar-refractivity contribution is 5.20. The molecule has 114 valence electrons. The zero-order chi connectivity index (χ0) is 15.1. The van der Waals surface area contributed by atoms with Crippen LogP contribution in [-0.2, 0) is 0 Å². The summed E-state index contributed by atoms with van der Waals surface area (Å²) in [6.07, 6.45) is 0. The number of nitrogens with one attached hydrogen (secondary N) is 1. The maximum atomic E-state index is 3.79. The molecule has 0 aliphatic rings. The van der Waals surface area contributed by atoms with Crippen LogP contribution in [0.5, 0.6) is 0 Å². The number of nitrogens with zero attached hydrogens (tertiary/aromatic N) is 1. The zero-order valence-corrected chi connectivity index (χ0v) is 14.1. The van der Waals surface area contributed by atoms with Crippen molar-refractivity contribution >= 4 is 0 Å². The molecule has 0 aliphatic heterocycles. The third kappa shape index (κ3) is 5.64. The smallest absolute Gasteiger partial charge is 0.0217 e. The summed E-state index contributed by atoms with van der Waals surface area (Å²) in [5.74, 6) is 1.89. The third-order valence-corrected chi connectivity index (χ3v) is 4.00. The second-order valence-electron chi connectivity index (χ2n) is 6.78. The second kappa shape index (κ2) is 8.43. The molecule has 0 saturated heterocycles. The van der Waals surface area contributed by atoms with E-state index in [9.17, 15) is 0 Å². The van der Waals surface area contributed by atoms with E-state index in [1.165, 1.54) is 5.56 Å². The molecular formula is C18H32N2. The van der Waals surface area contributed by atoms with E-state index in [0.29, 0.717) is 23.8 Å². The molecule has 0 fully saturated rings. The molecule has 0 aromatic heterocycles. The fourth-order valence-corrected chi connectivity index (χ4v) is 2.62. The van der Waals surface area contributed by atoms with Gasteiger partial charge in [-0.05, 0) is 37.4 Å². The predicted octanol–water partition coefficient (Wildman–Crippen LogP) is 3.60. The van der Waals surface area contributed by atoms with E-state index in [0.717, 1.165) is 13.1 Å². The Morgan fingerprint density at radius 3 is 2.00 bits per heavy atom. The average molecular weight is 276 g/mol. The van der Waals surface area contributed by atoms with Gasteiger partial charge in [-0.25, -0.2) is 0 Å². The topological polar surface area (TPSA) is 15.3 Å². The molecule has 1 aromatic rings. The summed E-state index contributed by atoms with van der Waals surface area (Å²) >= 11 is 0. The lowest BCUT2D eigenvalue weighted by molar-refractivity contribution is 0.279. The zero-order valence-electron chi connectivity index (χ0n) is 14.1. The van der Waals surface area contributed by atoms with E-state index >= 15 is 0 Å². The van der Waals surface area contributed by atoms with E-state index < -0.39 is 0 Å². The molecule has 2 nitrogen and oxygen atoms in total. The second-order valence-corrected chi connectivity index (χ2v) is 6.78. The molecule has 0 aliphatic carbocycles. The Labute approximate surface area is 125 Å². The molecular weight excluding hydrogens is 244 g/mol. The van der Waals surface area contributed by atoms with Crippen molar-refractivity contribution < 1.29 is 0 Å². The van der Waals surface area contributed by atoms with Crippen molar-refractivity contribution in [1.29, 1.82) is 0 Å². The van der Waals surface area contributed by atoms with Crippen molar-refractivity contribution in [3.8, 4) is 0 Å².